The SMILES string of the molecule is CCC(O)c1cc(C(F)(F)F)c(C(F)(F)F)cc1C(F)(F)F. The molecule has 0 aliphatic heterocycles. The third-order valence-electron chi connectivity index (χ3n) is 2.85. The van der Waals surface area contributed by atoms with Crippen molar-refractivity contribution in [2.75, 3.05) is 0 Å². The van der Waals surface area contributed by atoms with Crippen LogP contribution in [0.4, 0.5) is 39.5 Å². The molecule has 1 N–H and O–H groups in total. The molecule has 0 aromatic heterocycles. The summed E-state index contributed by atoms with van der Waals surface area (Å²) in [5, 5.41) is 9.41. The lowest BCUT2D eigenvalue weighted by Crippen LogP contribution is -2.21. The van der Waals surface area contributed by atoms with E-state index in [-0.39, 0.29) is 6.07 Å². The Balaban J connectivity index is 3.81. The van der Waals surface area contributed by atoms with Gasteiger partial charge in [0.25, 0.3) is 0 Å². The maximum atomic E-state index is 12.8. The van der Waals surface area contributed by atoms with Crippen LogP contribution in [0.3, 0.4) is 0 Å². The van der Waals surface area contributed by atoms with Gasteiger partial charge in [0.05, 0.1) is 22.8 Å². The molecule has 1 rings (SSSR count). The van der Waals surface area contributed by atoms with Crippen LogP contribution in [0.25, 0.3) is 0 Å². The molecule has 1 atom stereocenters. The molecular formula is C12H9F9O. The lowest BCUT2D eigenvalue weighted by atomic mass is 9.93. The molecular weight excluding hydrogens is 331 g/mol. The highest BCUT2D eigenvalue weighted by atomic mass is 19.4. The Hall–Kier alpha value is -1.45. The van der Waals surface area contributed by atoms with Gasteiger partial charge >= 0.3 is 18.5 Å². The van der Waals surface area contributed by atoms with Gasteiger partial charge in [0.1, 0.15) is 0 Å². The van der Waals surface area contributed by atoms with Gasteiger partial charge < -0.3 is 5.11 Å². The van der Waals surface area contributed by atoms with E-state index in [1.54, 1.807) is 0 Å². The van der Waals surface area contributed by atoms with Crippen LogP contribution in [0.2, 0.25) is 0 Å². The van der Waals surface area contributed by atoms with E-state index in [0.717, 1.165) is 0 Å². The fourth-order valence-electron chi connectivity index (χ4n) is 1.83. The molecule has 0 aliphatic carbocycles. The van der Waals surface area contributed by atoms with Crippen molar-refractivity contribution >= 4 is 0 Å². The van der Waals surface area contributed by atoms with E-state index >= 15 is 0 Å². The van der Waals surface area contributed by atoms with Gasteiger partial charge in [-0.3, -0.25) is 0 Å². The van der Waals surface area contributed by atoms with Crippen LogP contribution in [0, 0.1) is 0 Å². The zero-order valence-corrected chi connectivity index (χ0v) is 10.8. The van der Waals surface area contributed by atoms with Gasteiger partial charge in [-0.05, 0) is 24.1 Å². The fraction of sp³-hybridized carbons (Fsp3) is 0.500. The largest absolute Gasteiger partial charge is 0.417 e. The van der Waals surface area contributed by atoms with Crippen molar-refractivity contribution in [1.29, 1.82) is 0 Å². The maximum Gasteiger partial charge on any atom is 0.417 e. The first-order valence-corrected chi connectivity index (χ1v) is 5.77. The van der Waals surface area contributed by atoms with E-state index in [1.807, 2.05) is 0 Å². The first kappa shape index (κ1) is 18.6. The molecule has 1 aromatic carbocycles. The number of halogens is 9. The highest BCUT2D eigenvalue weighted by Crippen LogP contribution is 2.45. The molecule has 0 amide bonds. The quantitative estimate of drug-likeness (QED) is 0.735. The second kappa shape index (κ2) is 5.64. The molecule has 0 bridgehead atoms. The van der Waals surface area contributed by atoms with Crippen molar-refractivity contribution in [2.24, 2.45) is 0 Å². The Bertz CT molecular complexity index is 539. The molecule has 1 nitrogen and oxygen atoms in total. The van der Waals surface area contributed by atoms with Crippen LogP contribution in [0.1, 0.15) is 41.7 Å². The van der Waals surface area contributed by atoms with Crippen molar-refractivity contribution in [3.8, 4) is 0 Å². The zero-order chi connectivity index (χ0) is 17.5. The zero-order valence-electron chi connectivity index (χ0n) is 10.8. The summed E-state index contributed by atoms with van der Waals surface area (Å²) in [5.74, 6) is 0. The molecule has 10 heteroatoms. The number of hydrogen-bond acceptors (Lipinski definition) is 1. The van der Waals surface area contributed by atoms with Crippen LogP contribution in [-0.4, -0.2) is 5.11 Å². The summed E-state index contributed by atoms with van der Waals surface area (Å²) in [5.41, 5.74) is -7.90. The lowest BCUT2D eigenvalue weighted by molar-refractivity contribution is -0.164. The van der Waals surface area contributed by atoms with Gasteiger partial charge in [-0.1, -0.05) is 6.92 Å². The normalized spacial score (nSPS) is 15.0. The van der Waals surface area contributed by atoms with Crippen molar-refractivity contribution in [2.45, 2.75) is 38.0 Å². The predicted octanol–water partition coefficient (Wildman–Crippen LogP) is 5.19. The summed E-state index contributed by atoms with van der Waals surface area (Å²) < 4.78 is 114. The Kier molecular flexibility index (Phi) is 4.76. The van der Waals surface area contributed by atoms with E-state index < -0.39 is 59.4 Å². The number of alkyl halides is 9. The Morgan fingerprint density at radius 3 is 1.45 bits per heavy atom. The molecule has 0 heterocycles. The molecule has 0 saturated heterocycles. The summed E-state index contributed by atoms with van der Waals surface area (Å²) in [4.78, 5) is 0. The lowest BCUT2D eigenvalue weighted by Gasteiger charge is -2.22. The molecule has 22 heavy (non-hydrogen) atoms. The van der Waals surface area contributed by atoms with Crippen LogP contribution in [-0.2, 0) is 18.5 Å². The Morgan fingerprint density at radius 2 is 1.14 bits per heavy atom. The molecule has 1 aromatic rings. The van der Waals surface area contributed by atoms with E-state index in [9.17, 15) is 44.6 Å². The smallest absolute Gasteiger partial charge is 0.388 e. The van der Waals surface area contributed by atoms with Crippen molar-refractivity contribution in [3.05, 3.63) is 34.4 Å². The van der Waals surface area contributed by atoms with E-state index in [4.69, 9.17) is 0 Å². The Labute approximate surface area is 118 Å². The molecule has 0 radical (unpaired) electrons. The summed E-state index contributed by atoms with van der Waals surface area (Å²) in [6, 6.07) is -0.906. The number of rotatable bonds is 2. The third kappa shape index (κ3) is 3.84. The van der Waals surface area contributed by atoms with Gasteiger partial charge in [0, 0.05) is 0 Å². The van der Waals surface area contributed by atoms with Crippen molar-refractivity contribution in [3.63, 3.8) is 0 Å². The number of hydrogen-bond donors (Lipinski definition) is 1. The highest BCUT2D eigenvalue weighted by molar-refractivity contribution is 5.44. The predicted molar refractivity (Wildman–Crippen MR) is 56.7 cm³/mol. The second-order valence-corrected chi connectivity index (χ2v) is 4.40. The highest BCUT2D eigenvalue weighted by Gasteiger charge is 2.46. The third-order valence-corrected chi connectivity index (χ3v) is 2.85. The van der Waals surface area contributed by atoms with Crippen molar-refractivity contribution in [1.82, 2.24) is 0 Å². The van der Waals surface area contributed by atoms with Crippen molar-refractivity contribution < 1.29 is 44.6 Å². The van der Waals surface area contributed by atoms with Gasteiger partial charge in [0.15, 0.2) is 0 Å². The maximum absolute atomic E-state index is 12.8. The molecule has 0 aliphatic rings. The average Bonchev–Trinajstić information content (AvgIpc) is 2.33. The minimum atomic E-state index is -5.62. The molecule has 126 valence electrons. The van der Waals surface area contributed by atoms with Crippen LogP contribution in [0.15, 0.2) is 12.1 Å². The first-order chi connectivity index (χ1) is 9.69. The summed E-state index contributed by atoms with van der Waals surface area (Å²) in [6.45, 7) is 1.18. The number of aliphatic hydroxyl groups excluding tert-OH is 1. The van der Waals surface area contributed by atoms with Gasteiger partial charge in [-0.25, -0.2) is 0 Å². The van der Waals surface area contributed by atoms with E-state index in [0.29, 0.717) is 0 Å². The monoisotopic (exact) mass is 340 g/mol. The van der Waals surface area contributed by atoms with E-state index in [2.05, 4.69) is 0 Å². The topological polar surface area (TPSA) is 20.2 Å². The number of aliphatic hydroxyl groups is 1. The summed E-state index contributed by atoms with van der Waals surface area (Å²) in [7, 11) is 0. The molecule has 0 saturated carbocycles. The molecule has 0 spiro atoms. The summed E-state index contributed by atoms with van der Waals surface area (Å²) >= 11 is 0. The Morgan fingerprint density at radius 1 is 0.773 bits per heavy atom. The van der Waals surface area contributed by atoms with E-state index in [1.165, 1.54) is 6.92 Å². The van der Waals surface area contributed by atoms with Gasteiger partial charge in [-0.15, -0.1) is 0 Å². The molecule has 1 unspecified atom stereocenters. The van der Waals surface area contributed by atoms with Crippen LogP contribution >= 0.6 is 0 Å². The number of benzene rings is 1. The fourth-order valence-corrected chi connectivity index (χ4v) is 1.83. The standard InChI is InChI=1S/C12H9F9O/c1-2-9(22)5-3-7(11(16,17)18)8(12(19,20)21)4-6(5)10(13,14)15/h3-4,9,22H,2H2,1H3. The van der Waals surface area contributed by atoms with Gasteiger partial charge in [-0.2, -0.15) is 39.5 Å². The summed E-state index contributed by atoms with van der Waals surface area (Å²) in [6.07, 6.45) is -18.8. The minimum Gasteiger partial charge on any atom is -0.388 e. The molecule has 0 fully saturated rings. The average molecular weight is 340 g/mol. The van der Waals surface area contributed by atoms with Gasteiger partial charge in [0.2, 0.25) is 0 Å². The second-order valence-electron chi connectivity index (χ2n) is 4.40. The van der Waals surface area contributed by atoms with Crippen LogP contribution < -0.4 is 0 Å². The minimum absolute atomic E-state index is 0.292. The first-order valence-electron chi connectivity index (χ1n) is 5.77. The van der Waals surface area contributed by atoms with Crippen LogP contribution in [0.5, 0.6) is 0 Å².